The molecule has 5 heteroatoms. The van der Waals surface area contributed by atoms with Crippen molar-refractivity contribution in [3.8, 4) is 39.9 Å². The highest BCUT2D eigenvalue weighted by Gasteiger charge is 2.22. The molecule has 3 heterocycles. The molecule has 0 amide bonds. The van der Waals surface area contributed by atoms with Crippen LogP contribution < -0.4 is 0 Å². The average molecular weight is 615 g/mol. The van der Waals surface area contributed by atoms with Crippen LogP contribution >= 0.6 is 0 Å². The predicted octanol–water partition coefficient (Wildman–Crippen LogP) is 11.0. The molecule has 5 nitrogen and oxygen atoms in total. The van der Waals surface area contributed by atoms with Crippen molar-refractivity contribution in [2.45, 2.75) is 0 Å². The maximum absolute atomic E-state index is 6.70. The molecule has 0 radical (unpaired) electrons. The molecule has 0 aliphatic heterocycles. The Labute approximate surface area is 275 Å². The van der Waals surface area contributed by atoms with Gasteiger partial charge in [0.05, 0.1) is 16.7 Å². The van der Waals surface area contributed by atoms with Crippen LogP contribution in [0.1, 0.15) is 0 Å². The van der Waals surface area contributed by atoms with Gasteiger partial charge in [-0.15, -0.1) is 0 Å². The first kappa shape index (κ1) is 26.6. The fourth-order valence-corrected chi connectivity index (χ4v) is 7.04. The summed E-state index contributed by atoms with van der Waals surface area (Å²) in [6, 6.07) is 54.4. The second-order valence-corrected chi connectivity index (χ2v) is 12.0. The summed E-state index contributed by atoms with van der Waals surface area (Å²) < 4.78 is 9.03. The Morgan fingerprint density at radius 2 is 1.00 bits per heavy atom. The molecular weight excluding hydrogens is 589 g/mol. The molecule has 48 heavy (non-hydrogen) atoms. The Hall–Kier alpha value is -6.59. The van der Waals surface area contributed by atoms with E-state index in [0.717, 1.165) is 55.3 Å². The predicted molar refractivity (Wildman–Crippen MR) is 195 cm³/mol. The third-order valence-electron chi connectivity index (χ3n) is 9.22. The minimum absolute atomic E-state index is 0.599. The van der Waals surface area contributed by atoms with Crippen LogP contribution in [0.4, 0.5) is 0 Å². The highest BCUT2D eigenvalue weighted by molar-refractivity contribution is 6.22. The normalized spacial score (nSPS) is 11.8. The maximum Gasteiger partial charge on any atom is 0.164 e. The van der Waals surface area contributed by atoms with Crippen molar-refractivity contribution in [3.05, 3.63) is 158 Å². The molecule has 0 spiro atoms. The first-order valence-corrected chi connectivity index (χ1v) is 16.0. The Bertz CT molecular complexity index is 2780. The largest absolute Gasteiger partial charge is 0.454 e. The lowest BCUT2D eigenvalue weighted by Crippen LogP contribution is -2.01. The number of nitrogens with zero attached hydrogens (tertiary/aromatic N) is 4. The molecule has 10 rings (SSSR count). The zero-order chi connectivity index (χ0) is 31.6. The van der Waals surface area contributed by atoms with E-state index in [-0.39, 0.29) is 0 Å². The first-order chi connectivity index (χ1) is 23.8. The molecule has 7 aromatic carbocycles. The van der Waals surface area contributed by atoms with Crippen LogP contribution in [0.2, 0.25) is 0 Å². The lowest BCUT2D eigenvalue weighted by molar-refractivity contribution is 0.666. The summed E-state index contributed by atoms with van der Waals surface area (Å²) in [5.74, 6) is 1.85. The quantitative estimate of drug-likeness (QED) is 0.198. The van der Waals surface area contributed by atoms with Gasteiger partial charge in [0.1, 0.15) is 5.58 Å². The molecule has 0 aliphatic carbocycles. The number of fused-ring (bicyclic) bond motifs is 8. The van der Waals surface area contributed by atoms with Gasteiger partial charge in [-0.1, -0.05) is 127 Å². The summed E-state index contributed by atoms with van der Waals surface area (Å²) in [6.45, 7) is 0. The van der Waals surface area contributed by atoms with Crippen LogP contribution in [0.15, 0.2) is 162 Å². The minimum atomic E-state index is 0.599. The van der Waals surface area contributed by atoms with Gasteiger partial charge in [-0.25, -0.2) is 15.0 Å². The zero-order valence-electron chi connectivity index (χ0n) is 25.7. The fraction of sp³-hybridized carbons (Fsp3) is 0. The Balaban J connectivity index is 1.32. The minimum Gasteiger partial charge on any atom is -0.454 e. The zero-order valence-corrected chi connectivity index (χ0v) is 25.7. The molecule has 0 N–H and O–H groups in total. The smallest absolute Gasteiger partial charge is 0.164 e. The third kappa shape index (κ3) is 4.08. The molecule has 0 unspecified atom stereocenters. The number of rotatable bonds is 4. The van der Waals surface area contributed by atoms with Crippen LogP contribution in [0.3, 0.4) is 0 Å². The fourth-order valence-electron chi connectivity index (χ4n) is 7.04. The van der Waals surface area contributed by atoms with Gasteiger partial charge in [-0.05, 0) is 41.1 Å². The van der Waals surface area contributed by atoms with E-state index < -0.39 is 0 Å². The summed E-state index contributed by atoms with van der Waals surface area (Å²) in [4.78, 5) is 15.1. The average Bonchev–Trinajstić information content (AvgIpc) is 3.71. The van der Waals surface area contributed by atoms with Crippen molar-refractivity contribution >= 4 is 54.5 Å². The van der Waals surface area contributed by atoms with Crippen molar-refractivity contribution in [2.24, 2.45) is 0 Å². The number of para-hydroxylation sites is 2. The number of benzene rings is 7. The van der Waals surface area contributed by atoms with Crippen molar-refractivity contribution in [1.29, 1.82) is 0 Å². The second kappa shape index (κ2) is 10.5. The van der Waals surface area contributed by atoms with E-state index in [1.807, 2.05) is 72.8 Å². The molecule has 10 aromatic rings. The molecule has 0 aliphatic rings. The van der Waals surface area contributed by atoms with E-state index in [4.69, 9.17) is 19.4 Å². The van der Waals surface area contributed by atoms with E-state index >= 15 is 0 Å². The monoisotopic (exact) mass is 614 g/mol. The Morgan fingerprint density at radius 3 is 1.73 bits per heavy atom. The molecule has 224 valence electrons. The topological polar surface area (TPSA) is 56.7 Å². The molecule has 0 saturated heterocycles. The van der Waals surface area contributed by atoms with Gasteiger partial charge < -0.3 is 8.98 Å². The van der Waals surface area contributed by atoms with Crippen molar-refractivity contribution in [2.75, 3.05) is 0 Å². The van der Waals surface area contributed by atoms with Gasteiger partial charge in [0.15, 0.2) is 23.1 Å². The van der Waals surface area contributed by atoms with E-state index in [9.17, 15) is 0 Å². The first-order valence-electron chi connectivity index (χ1n) is 16.0. The summed E-state index contributed by atoms with van der Waals surface area (Å²) in [7, 11) is 0. The van der Waals surface area contributed by atoms with Gasteiger partial charge in [0.25, 0.3) is 0 Å². The molecule has 0 saturated carbocycles. The van der Waals surface area contributed by atoms with E-state index in [0.29, 0.717) is 17.5 Å². The highest BCUT2D eigenvalue weighted by Crippen LogP contribution is 2.42. The van der Waals surface area contributed by atoms with Gasteiger partial charge in [0.2, 0.25) is 0 Å². The van der Waals surface area contributed by atoms with E-state index in [1.54, 1.807) is 0 Å². The third-order valence-corrected chi connectivity index (χ3v) is 9.22. The number of hydrogen-bond acceptors (Lipinski definition) is 4. The van der Waals surface area contributed by atoms with Crippen molar-refractivity contribution in [1.82, 2.24) is 19.5 Å². The number of furan rings is 1. The van der Waals surface area contributed by atoms with Gasteiger partial charge in [-0.3, -0.25) is 0 Å². The van der Waals surface area contributed by atoms with E-state index in [1.165, 1.54) is 21.5 Å². The maximum atomic E-state index is 6.70. The highest BCUT2D eigenvalue weighted by atomic mass is 16.3. The lowest BCUT2D eigenvalue weighted by atomic mass is 10.0. The molecular formula is C43H26N4O. The van der Waals surface area contributed by atoms with Crippen LogP contribution in [0, 0.1) is 0 Å². The SMILES string of the molecule is c1ccc(-c2nc(-c3ccccc3)nc(-c3cc(-n4c5ccccc5c5c6ccccc6ccc54)c4oc5ccccc5c4c3)n2)cc1. The summed E-state index contributed by atoms with van der Waals surface area (Å²) in [6.07, 6.45) is 0. The molecule has 3 aromatic heterocycles. The van der Waals surface area contributed by atoms with Crippen molar-refractivity contribution in [3.63, 3.8) is 0 Å². The lowest BCUT2D eigenvalue weighted by Gasteiger charge is -2.13. The molecule has 0 atom stereocenters. The number of aromatic nitrogens is 4. The Morgan fingerprint density at radius 1 is 0.417 bits per heavy atom. The molecule has 0 bridgehead atoms. The van der Waals surface area contributed by atoms with Crippen LogP contribution in [-0.4, -0.2) is 19.5 Å². The van der Waals surface area contributed by atoms with Crippen molar-refractivity contribution < 1.29 is 4.42 Å². The standard InChI is InChI=1S/C43H26N4O/c1-3-14-28(15-4-1)41-44-42(29-16-5-2-6-17-29)46-43(45-41)30-25-34-32-19-10-12-22-38(32)48-40(34)37(26-30)47-35-21-11-9-20-33(35)39-31-18-8-7-13-27(31)23-24-36(39)47/h1-26H. The molecule has 0 fully saturated rings. The van der Waals surface area contributed by atoms with E-state index in [2.05, 4.69) is 89.5 Å². The van der Waals surface area contributed by atoms with Gasteiger partial charge >= 0.3 is 0 Å². The summed E-state index contributed by atoms with van der Waals surface area (Å²) in [5, 5.41) is 6.89. The summed E-state index contributed by atoms with van der Waals surface area (Å²) >= 11 is 0. The Kier molecular flexibility index (Phi) is 5.81. The number of hydrogen-bond donors (Lipinski definition) is 0. The van der Waals surface area contributed by atoms with Gasteiger partial charge in [0, 0.05) is 38.2 Å². The van der Waals surface area contributed by atoms with Crippen LogP contribution in [0.25, 0.3) is 94.4 Å². The van der Waals surface area contributed by atoms with Crippen LogP contribution in [-0.2, 0) is 0 Å². The van der Waals surface area contributed by atoms with Gasteiger partial charge in [-0.2, -0.15) is 0 Å². The second-order valence-electron chi connectivity index (χ2n) is 12.0. The summed E-state index contributed by atoms with van der Waals surface area (Å²) in [5.41, 5.74) is 7.55. The van der Waals surface area contributed by atoms with Crippen LogP contribution in [0.5, 0.6) is 0 Å².